The maximum absolute atomic E-state index is 2.44. The van der Waals surface area contributed by atoms with Crippen molar-refractivity contribution in [2.75, 3.05) is 0 Å². The van der Waals surface area contributed by atoms with Crippen LogP contribution in [0.15, 0.2) is 48.6 Å². The molecule has 0 saturated heterocycles. The van der Waals surface area contributed by atoms with E-state index < -0.39 is 0 Å². The molecule has 0 aliphatic heterocycles. The molecule has 0 N–H and O–H groups in total. The quantitative estimate of drug-likeness (QED) is 0.727. The Morgan fingerprint density at radius 2 is 1.94 bits per heavy atom. The number of benzene rings is 1. The van der Waals surface area contributed by atoms with Crippen molar-refractivity contribution in [3.05, 3.63) is 54.1 Å². The van der Waals surface area contributed by atoms with Crippen LogP contribution in [-0.2, 0) is 24.7 Å². The number of hydrogen-bond donors (Lipinski definition) is 0. The fraction of sp³-hybridized carbons (Fsp3) is 0.375. The molecule has 0 aromatic heterocycles. The second-order valence-electron chi connectivity index (χ2n) is 5.30. The Balaban J connectivity index is 1.97. The van der Waals surface area contributed by atoms with Gasteiger partial charge in [-0.15, -0.1) is 0 Å². The number of fused-ring (bicyclic) bond motifs is 1. The second-order valence-corrected chi connectivity index (χ2v) is 6.93. The van der Waals surface area contributed by atoms with Crippen LogP contribution in [-0.4, -0.2) is 0 Å². The van der Waals surface area contributed by atoms with E-state index in [9.17, 15) is 0 Å². The van der Waals surface area contributed by atoms with Gasteiger partial charge in [-0.3, -0.25) is 0 Å². The molecule has 85 valence electrons. The van der Waals surface area contributed by atoms with Crippen molar-refractivity contribution in [2.24, 2.45) is 17.8 Å². The Hall–Kier alpha value is -0.417. The van der Waals surface area contributed by atoms with Crippen molar-refractivity contribution in [3.8, 4) is 0 Å². The molecule has 1 aromatic rings. The topological polar surface area (TPSA) is 0 Å². The first kappa shape index (κ1) is 11.7. The Kier molecular flexibility index (Phi) is 3.22. The summed E-state index contributed by atoms with van der Waals surface area (Å²) in [5.41, 5.74) is 2.99. The van der Waals surface area contributed by atoms with Crippen LogP contribution < -0.4 is 0 Å². The van der Waals surface area contributed by atoms with Gasteiger partial charge in [0.1, 0.15) is 0 Å². The minimum absolute atomic E-state index is 0.765. The molecule has 2 aliphatic rings. The molecule has 4 unspecified atom stereocenters. The van der Waals surface area contributed by atoms with Crippen molar-refractivity contribution in [1.82, 2.24) is 0 Å². The van der Waals surface area contributed by atoms with E-state index >= 15 is 0 Å². The van der Waals surface area contributed by atoms with Gasteiger partial charge in [-0.1, -0.05) is 0 Å². The molecule has 0 amide bonds. The van der Waals surface area contributed by atoms with Crippen LogP contribution in [0.25, 0.3) is 5.57 Å². The standard InChI is InChI=1S/C16H17.Zr/c1-12-10-14-8-5-9-15(16(14)11-12)13-6-3-2-4-7-13;/h2-10,12,14,16H,11H2,1H3;. The summed E-state index contributed by atoms with van der Waals surface area (Å²) < 4.78 is 0.913. The Morgan fingerprint density at radius 3 is 2.71 bits per heavy atom. The summed E-state index contributed by atoms with van der Waals surface area (Å²) in [6.07, 6.45) is 8.42. The van der Waals surface area contributed by atoms with Crippen molar-refractivity contribution >= 4 is 5.57 Å². The SMILES string of the molecule is CC1CC2C(c3ccccc3)=CC=CC2[CH]1[Zr]. The van der Waals surface area contributed by atoms with Gasteiger partial charge < -0.3 is 0 Å². The molecule has 1 saturated carbocycles. The monoisotopic (exact) mass is 299 g/mol. The van der Waals surface area contributed by atoms with E-state index in [2.05, 4.69) is 55.5 Å². The zero-order chi connectivity index (χ0) is 11.8. The van der Waals surface area contributed by atoms with Gasteiger partial charge >= 0.3 is 119 Å². The minimum atomic E-state index is 0.765. The predicted octanol–water partition coefficient (Wildman–Crippen LogP) is 4.25. The Morgan fingerprint density at radius 1 is 1.18 bits per heavy atom. The van der Waals surface area contributed by atoms with Crippen molar-refractivity contribution in [3.63, 3.8) is 0 Å². The van der Waals surface area contributed by atoms with Gasteiger partial charge in [0.05, 0.1) is 0 Å². The van der Waals surface area contributed by atoms with Crippen LogP contribution in [0.5, 0.6) is 0 Å². The third kappa shape index (κ3) is 2.04. The van der Waals surface area contributed by atoms with E-state index in [1.54, 1.807) is 30.3 Å². The molecule has 0 nitrogen and oxygen atoms in total. The van der Waals surface area contributed by atoms with Gasteiger partial charge in [-0.25, -0.2) is 0 Å². The summed E-state index contributed by atoms with van der Waals surface area (Å²) in [4.78, 5) is 0. The molecule has 17 heavy (non-hydrogen) atoms. The molecule has 0 heterocycles. The van der Waals surface area contributed by atoms with E-state index in [0.717, 1.165) is 21.4 Å². The normalized spacial score (nSPS) is 35.4. The van der Waals surface area contributed by atoms with Crippen LogP contribution in [0, 0.1) is 17.8 Å². The molecule has 1 fully saturated rings. The molecule has 0 spiro atoms. The number of hydrogen-bond acceptors (Lipinski definition) is 0. The van der Waals surface area contributed by atoms with Crippen LogP contribution in [0.1, 0.15) is 18.9 Å². The van der Waals surface area contributed by atoms with Gasteiger partial charge in [-0.2, -0.15) is 0 Å². The van der Waals surface area contributed by atoms with E-state index in [4.69, 9.17) is 0 Å². The average Bonchev–Trinajstić information content (AvgIpc) is 2.67. The Bertz CT molecular complexity index is 458. The summed E-state index contributed by atoms with van der Waals surface area (Å²) in [5.74, 6) is 2.45. The van der Waals surface area contributed by atoms with Crippen molar-refractivity contribution < 1.29 is 24.7 Å². The fourth-order valence-corrected chi connectivity index (χ4v) is 4.45. The van der Waals surface area contributed by atoms with Gasteiger partial charge in [0.2, 0.25) is 0 Å². The molecule has 2 aliphatic carbocycles. The molecule has 0 radical (unpaired) electrons. The molecule has 1 aromatic carbocycles. The summed E-state index contributed by atoms with van der Waals surface area (Å²) in [7, 11) is 0. The zero-order valence-corrected chi connectivity index (χ0v) is 12.6. The van der Waals surface area contributed by atoms with Crippen molar-refractivity contribution in [2.45, 2.75) is 17.0 Å². The molecule has 0 bridgehead atoms. The number of allylic oxidation sites excluding steroid dienone is 4. The predicted molar refractivity (Wildman–Crippen MR) is 68.1 cm³/mol. The van der Waals surface area contributed by atoms with Gasteiger partial charge in [0, 0.05) is 0 Å². The summed E-state index contributed by atoms with van der Waals surface area (Å²) in [6.45, 7) is 2.42. The van der Waals surface area contributed by atoms with Crippen LogP contribution in [0.4, 0.5) is 0 Å². The molecular weight excluding hydrogens is 283 g/mol. The Labute approximate surface area is 119 Å². The first-order valence-corrected chi connectivity index (χ1v) is 7.84. The summed E-state index contributed by atoms with van der Waals surface area (Å²) in [5, 5.41) is 0. The second kappa shape index (κ2) is 4.69. The summed E-state index contributed by atoms with van der Waals surface area (Å²) >= 11 is 1.71. The fourth-order valence-electron chi connectivity index (χ4n) is 3.27. The van der Waals surface area contributed by atoms with E-state index in [1.165, 1.54) is 12.0 Å². The van der Waals surface area contributed by atoms with E-state index in [1.807, 2.05) is 0 Å². The molecule has 3 rings (SSSR count). The van der Waals surface area contributed by atoms with Gasteiger partial charge in [0.25, 0.3) is 0 Å². The summed E-state index contributed by atoms with van der Waals surface area (Å²) in [6, 6.07) is 10.9. The number of rotatable bonds is 1. The molecule has 4 atom stereocenters. The van der Waals surface area contributed by atoms with E-state index in [0.29, 0.717) is 0 Å². The van der Waals surface area contributed by atoms with E-state index in [-0.39, 0.29) is 0 Å². The molecule has 1 heteroatoms. The third-order valence-electron chi connectivity index (χ3n) is 4.23. The first-order chi connectivity index (χ1) is 8.27. The average molecular weight is 301 g/mol. The first-order valence-electron chi connectivity index (χ1n) is 6.42. The third-order valence-corrected chi connectivity index (χ3v) is 6.58. The maximum atomic E-state index is 2.44. The van der Waals surface area contributed by atoms with Crippen LogP contribution >= 0.6 is 0 Å². The van der Waals surface area contributed by atoms with Gasteiger partial charge in [0.15, 0.2) is 0 Å². The zero-order valence-electron chi connectivity index (χ0n) is 10.1. The van der Waals surface area contributed by atoms with Gasteiger partial charge in [-0.05, 0) is 0 Å². The van der Waals surface area contributed by atoms with Crippen molar-refractivity contribution in [1.29, 1.82) is 0 Å². The molecular formula is C16H17Zr. The van der Waals surface area contributed by atoms with Crippen LogP contribution in [0.3, 0.4) is 0 Å². The van der Waals surface area contributed by atoms with Crippen LogP contribution in [0.2, 0.25) is 3.63 Å².